The fraction of sp³-hybridized carbons (Fsp3) is 0.308. The van der Waals surface area contributed by atoms with Gasteiger partial charge in [-0.1, -0.05) is 18.2 Å². The first-order valence-electron chi connectivity index (χ1n) is 11.5. The maximum Gasteiger partial charge on any atom is 0.513 e. The summed E-state index contributed by atoms with van der Waals surface area (Å²) in [5, 5.41) is 9.71. The fourth-order valence-electron chi connectivity index (χ4n) is 3.54. The zero-order chi connectivity index (χ0) is 25.9. The number of benzene rings is 2. The van der Waals surface area contributed by atoms with Crippen LogP contribution in [0, 0.1) is 11.3 Å². The number of para-hydroxylation sites is 1. The normalized spacial score (nSPS) is 13.1. The summed E-state index contributed by atoms with van der Waals surface area (Å²) in [4.78, 5) is 40.5. The molecule has 11 heteroatoms. The molecule has 0 N–H and O–H groups in total. The maximum atomic E-state index is 13.1. The molecule has 1 fully saturated rings. The number of halogens is 1. The van der Waals surface area contributed by atoms with Gasteiger partial charge in [-0.05, 0) is 44.2 Å². The minimum Gasteiger partial charge on any atom is -0.434 e. The summed E-state index contributed by atoms with van der Waals surface area (Å²) in [6.07, 6.45) is -0.582. The standard InChI is InChI=1S/C26H27N3O7.ClH/c1-3-33-25(31)35-22-11-10-19(23(17-22)36-26(32)34-4-2)16-20(18-27)24(30)29-14-12-28(13-15-29)21-8-6-5-7-9-21;/h5-11,16-17H,3-4,12-15H2,1-2H3;1H/b20-16+;. The zero-order valence-corrected chi connectivity index (χ0v) is 21.4. The summed E-state index contributed by atoms with van der Waals surface area (Å²) in [5.74, 6) is -0.435. The van der Waals surface area contributed by atoms with Crippen molar-refractivity contribution in [2.45, 2.75) is 13.8 Å². The van der Waals surface area contributed by atoms with E-state index in [9.17, 15) is 19.6 Å². The second kappa shape index (κ2) is 14.4. The third-order valence-corrected chi connectivity index (χ3v) is 5.24. The Morgan fingerprint density at radius 1 is 0.919 bits per heavy atom. The number of carbonyl (C=O) groups is 3. The van der Waals surface area contributed by atoms with Crippen LogP contribution in [0.2, 0.25) is 0 Å². The summed E-state index contributed by atoms with van der Waals surface area (Å²) in [7, 11) is 0. The van der Waals surface area contributed by atoms with E-state index in [-0.39, 0.29) is 48.3 Å². The van der Waals surface area contributed by atoms with Crippen molar-refractivity contribution in [2.75, 3.05) is 44.3 Å². The predicted molar refractivity (Wildman–Crippen MR) is 138 cm³/mol. The van der Waals surface area contributed by atoms with E-state index in [4.69, 9.17) is 18.9 Å². The van der Waals surface area contributed by atoms with E-state index < -0.39 is 18.2 Å². The summed E-state index contributed by atoms with van der Waals surface area (Å²) in [6.45, 7) is 5.62. The molecule has 1 heterocycles. The van der Waals surface area contributed by atoms with Gasteiger partial charge in [0.15, 0.2) is 0 Å². The first-order chi connectivity index (χ1) is 17.4. The molecule has 0 radical (unpaired) electrons. The van der Waals surface area contributed by atoms with Crippen LogP contribution in [-0.4, -0.2) is 62.5 Å². The van der Waals surface area contributed by atoms with Crippen LogP contribution >= 0.6 is 12.4 Å². The number of nitriles is 1. The van der Waals surface area contributed by atoms with Crippen molar-refractivity contribution in [1.29, 1.82) is 5.26 Å². The zero-order valence-electron chi connectivity index (χ0n) is 20.5. The summed E-state index contributed by atoms with van der Waals surface area (Å²) >= 11 is 0. The molecule has 0 saturated carbocycles. The van der Waals surface area contributed by atoms with Crippen LogP contribution < -0.4 is 14.4 Å². The van der Waals surface area contributed by atoms with Gasteiger partial charge in [0.05, 0.1) is 13.2 Å². The SMILES string of the molecule is CCOC(=O)Oc1ccc(/C=C(\C#N)C(=O)N2CCN(c3ccccc3)CC2)c(OC(=O)OCC)c1.Cl. The molecule has 0 aliphatic carbocycles. The molecule has 2 aromatic rings. The van der Waals surface area contributed by atoms with E-state index in [2.05, 4.69) is 4.90 Å². The van der Waals surface area contributed by atoms with Crippen LogP contribution in [-0.2, 0) is 14.3 Å². The number of ether oxygens (including phenoxy) is 4. The van der Waals surface area contributed by atoms with Gasteiger partial charge in [-0.2, -0.15) is 5.26 Å². The minimum atomic E-state index is -0.984. The van der Waals surface area contributed by atoms with Crippen LogP contribution in [0.3, 0.4) is 0 Å². The number of hydrogen-bond acceptors (Lipinski definition) is 9. The number of hydrogen-bond donors (Lipinski definition) is 0. The molecule has 3 rings (SSSR count). The van der Waals surface area contributed by atoms with E-state index >= 15 is 0 Å². The molecule has 1 aliphatic heterocycles. The summed E-state index contributed by atoms with van der Waals surface area (Å²) < 4.78 is 19.8. The highest BCUT2D eigenvalue weighted by molar-refractivity contribution is 6.02. The lowest BCUT2D eigenvalue weighted by molar-refractivity contribution is -0.126. The third-order valence-electron chi connectivity index (χ3n) is 5.24. The molecule has 37 heavy (non-hydrogen) atoms. The van der Waals surface area contributed by atoms with E-state index in [0.717, 1.165) is 5.69 Å². The van der Waals surface area contributed by atoms with E-state index in [0.29, 0.717) is 26.2 Å². The first kappa shape index (κ1) is 29.0. The van der Waals surface area contributed by atoms with Gasteiger partial charge < -0.3 is 28.7 Å². The number of nitrogens with zero attached hydrogens (tertiary/aromatic N) is 3. The molecule has 0 unspecified atom stereocenters. The Kier molecular flexibility index (Phi) is 11.3. The minimum absolute atomic E-state index is 0. The fourth-order valence-corrected chi connectivity index (χ4v) is 3.54. The van der Waals surface area contributed by atoms with Crippen LogP contribution in [0.5, 0.6) is 11.5 Å². The Morgan fingerprint density at radius 3 is 2.14 bits per heavy atom. The highest BCUT2D eigenvalue weighted by Gasteiger charge is 2.24. The highest BCUT2D eigenvalue weighted by Crippen LogP contribution is 2.28. The number of carbonyl (C=O) groups excluding carboxylic acids is 3. The average Bonchev–Trinajstić information content (AvgIpc) is 2.89. The van der Waals surface area contributed by atoms with Gasteiger partial charge in [-0.15, -0.1) is 12.4 Å². The van der Waals surface area contributed by atoms with Crippen molar-refractivity contribution in [1.82, 2.24) is 4.90 Å². The molecule has 0 bridgehead atoms. The van der Waals surface area contributed by atoms with Crippen molar-refractivity contribution in [3.05, 3.63) is 59.7 Å². The van der Waals surface area contributed by atoms with Crippen molar-refractivity contribution < 1.29 is 33.3 Å². The van der Waals surface area contributed by atoms with Crippen LogP contribution in [0.25, 0.3) is 6.08 Å². The highest BCUT2D eigenvalue weighted by atomic mass is 35.5. The molecule has 1 amide bonds. The average molecular weight is 530 g/mol. The molecule has 10 nitrogen and oxygen atoms in total. The lowest BCUT2D eigenvalue weighted by atomic mass is 10.1. The van der Waals surface area contributed by atoms with E-state index in [1.54, 1.807) is 18.7 Å². The molecule has 1 saturated heterocycles. The van der Waals surface area contributed by atoms with Crippen LogP contribution in [0.4, 0.5) is 15.3 Å². The Hall–Kier alpha value is -4.23. The van der Waals surface area contributed by atoms with Crippen LogP contribution in [0.15, 0.2) is 54.1 Å². The molecular formula is C26H28ClN3O7. The third kappa shape index (κ3) is 8.15. The van der Waals surface area contributed by atoms with Gasteiger partial charge in [0, 0.05) is 43.5 Å². The number of piperazine rings is 1. The van der Waals surface area contributed by atoms with Gasteiger partial charge in [0.1, 0.15) is 23.1 Å². The molecule has 2 aromatic carbocycles. The van der Waals surface area contributed by atoms with Gasteiger partial charge >= 0.3 is 12.3 Å². The van der Waals surface area contributed by atoms with Crippen LogP contribution in [0.1, 0.15) is 19.4 Å². The second-order valence-corrected chi connectivity index (χ2v) is 7.55. The molecular weight excluding hydrogens is 502 g/mol. The summed E-state index contributed by atoms with van der Waals surface area (Å²) in [6, 6.07) is 16.0. The quantitative estimate of drug-likeness (QED) is 0.222. The summed E-state index contributed by atoms with van der Waals surface area (Å²) in [5.41, 5.74) is 1.20. The first-order valence-corrected chi connectivity index (χ1v) is 11.5. The van der Waals surface area contributed by atoms with Gasteiger partial charge in [0.25, 0.3) is 5.91 Å². The molecule has 0 aromatic heterocycles. The largest absolute Gasteiger partial charge is 0.513 e. The second-order valence-electron chi connectivity index (χ2n) is 7.55. The van der Waals surface area contributed by atoms with Crippen molar-refractivity contribution >= 4 is 42.4 Å². The Bertz CT molecular complexity index is 1160. The van der Waals surface area contributed by atoms with E-state index in [1.165, 1.54) is 24.3 Å². The Morgan fingerprint density at radius 2 is 1.54 bits per heavy atom. The Balaban J connectivity index is 0.00000481. The molecule has 0 atom stereocenters. The van der Waals surface area contributed by atoms with Crippen molar-refractivity contribution in [3.63, 3.8) is 0 Å². The monoisotopic (exact) mass is 529 g/mol. The topological polar surface area (TPSA) is 118 Å². The Labute approximate surface area is 221 Å². The van der Waals surface area contributed by atoms with E-state index in [1.807, 2.05) is 36.4 Å². The molecule has 0 spiro atoms. The van der Waals surface area contributed by atoms with Crippen molar-refractivity contribution in [2.24, 2.45) is 0 Å². The lowest BCUT2D eigenvalue weighted by Gasteiger charge is -2.36. The number of amides is 1. The predicted octanol–water partition coefficient (Wildman–Crippen LogP) is 4.43. The molecule has 1 aliphatic rings. The number of anilines is 1. The maximum absolute atomic E-state index is 13.1. The van der Waals surface area contributed by atoms with Crippen molar-refractivity contribution in [3.8, 4) is 17.6 Å². The van der Waals surface area contributed by atoms with Gasteiger partial charge in [0.2, 0.25) is 0 Å². The lowest BCUT2D eigenvalue weighted by Crippen LogP contribution is -2.49. The van der Waals surface area contributed by atoms with Gasteiger partial charge in [-0.25, -0.2) is 9.59 Å². The van der Waals surface area contributed by atoms with Gasteiger partial charge in [-0.3, -0.25) is 4.79 Å². The smallest absolute Gasteiger partial charge is 0.434 e. The molecule has 196 valence electrons. The number of rotatable bonds is 7.